The topological polar surface area (TPSA) is 47.0 Å². The van der Waals surface area contributed by atoms with Gasteiger partial charge in [-0.3, -0.25) is 0 Å². The number of nitrogens with zero attached hydrogens (tertiary/aromatic N) is 2. The first kappa shape index (κ1) is 15.8. The molecule has 1 N–H and O–H groups in total. The number of ether oxygens (including phenoxy) is 1. The van der Waals surface area contributed by atoms with Crippen molar-refractivity contribution in [1.29, 1.82) is 0 Å². The van der Waals surface area contributed by atoms with E-state index in [1.54, 1.807) is 0 Å². The quantitative estimate of drug-likeness (QED) is 0.851. The standard InChI is InChI=1S/C16H20BrN3O/c1-4-14-19-15(18-5-2)11(3)16(20-14)21-10-12-8-6-7-9-13(12)17/h6-9H,4-5,10H2,1-3H3,(H,18,19,20). The summed E-state index contributed by atoms with van der Waals surface area (Å²) in [5.41, 5.74) is 2.04. The van der Waals surface area contributed by atoms with E-state index in [1.807, 2.05) is 38.1 Å². The zero-order valence-electron chi connectivity index (χ0n) is 12.6. The smallest absolute Gasteiger partial charge is 0.222 e. The lowest BCUT2D eigenvalue weighted by molar-refractivity contribution is 0.289. The molecule has 5 heteroatoms. The van der Waals surface area contributed by atoms with Crippen molar-refractivity contribution in [2.45, 2.75) is 33.8 Å². The van der Waals surface area contributed by atoms with E-state index in [-0.39, 0.29) is 0 Å². The fourth-order valence-electron chi connectivity index (χ4n) is 1.94. The van der Waals surface area contributed by atoms with E-state index >= 15 is 0 Å². The first-order chi connectivity index (χ1) is 10.2. The van der Waals surface area contributed by atoms with Crippen molar-refractivity contribution >= 4 is 21.7 Å². The maximum absolute atomic E-state index is 5.91. The molecule has 0 saturated heterocycles. The number of aromatic nitrogens is 2. The summed E-state index contributed by atoms with van der Waals surface area (Å²) in [7, 11) is 0. The first-order valence-electron chi connectivity index (χ1n) is 7.13. The Balaban J connectivity index is 2.22. The van der Waals surface area contributed by atoms with Gasteiger partial charge in [0.1, 0.15) is 18.2 Å². The van der Waals surface area contributed by atoms with Crippen LogP contribution in [0.2, 0.25) is 0 Å². The number of anilines is 1. The molecule has 0 fully saturated rings. The number of rotatable bonds is 6. The van der Waals surface area contributed by atoms with E-state index in [2.05, 4.69) is 38.1 Å². The molecule has 2 rings (SSSR count). The largest absolute Gasteiger partial charge is 0.472 e. The number of nitrogens with one attached hydrogen (secondary N) is 1. The Hall–Kier alpha value is -1.62. The number of hydrogen-bond acceptors (Lipinski definition) is 4. The summed E-state index contributed by atoms with van der Waals surface area (Å²) in [5, 5.41) is 3.26. The summed E-state index contributed by atoms with van der Waals surface area (Å²) in [6.07, 6.45) is 0.782. The third kappa shape index (κ3) is 3.94. The van der Waals surface area contributed by atoms with Crippen molar-refractivity contribution < 1.29 is 4.74 Å². The maximum atomic E-state index is 5.91. The highest BCUT2D eigenvalue weighted by atomic mass is 79.9. The summed E-state index contributed by atoms with van der Waals surface area (Å²) < 4.78 is 6.95. The van der Waals surface area contributed by atoms with Crippen LogP contribution in [0.1, 0.15) is 30.8 Å². The lowest BCUT2D eigenvalue weighted by atomic mass is 10.2. The number of halogens is 1. The molecular formula is C16H20BrN3O. The van der Waals surface area contributed by atoms with Crippen LogP contribution in [0.3, 0.4) is 0 Å². The second kappa shape index (κ2) is 7.41. The van der Waals surface area contributed by atoms with Crippen LogP contribution in [0.15, 0.2) is 28.7 Å². The van der Waals surface area contributed by atoms with Gasteiger partial charge in [-0.05, 0) is 19.9 Å². The van der Waals surface area contributed by atoms with Gasteiger partial charge in [0.15, 0.2) is 0 Å². The molecule has 4 nitrogen and oxygen atoms in total. The van der Waals surface area contributed by atoms with Crippen LogP contribution in [0, 0.1) is 6.92 Å². The van der Waals surface area contributed by atoms with Gasteiger partial charge in [0.2, 0.25) is 5.88 Å². The molecule has 112 valence electrons. The highest BCUT2D eigenvalue weighted by molar-refractivity contribution is 9.10. The molecule has 0 saturated carbocycles. The number of hydrogen-bond donors (Lipinski definition) is 1. The monoisotopic (exact) mass is 349 g/mol. The van der Waals surface area contributed by atoms with Crippen molar-refractivity contribution in [2.24, 2.45) is 0 Å². The predicted octanol–water partition coefficient (Wildman–Crippen LogP) is 4.12. The van der Waals surface area contributed by atoms with E-state index in [0.717, 1.165) is 40.2 Å². The lowest BCUT2D eigenvalue weighted by Crippen LogP contribution is -2.09. The Bertz CT molecular complexity index is 616. The molecular weight excluding hydrogens is 330 g/mol. The summed E-state index contributed by atoms with van der Waals surface area (Å²) in [6.45, 7) is 7.37. The molecule has 0 unspecified atom stereocenters. The second-order valence-corrected chi connectivity index (χ2v) is 5.54. The average Bonchev–Trinajstić information content (AvgIpc) is 2.49. The van der Waals surface area contributed by atoms with Crippen molar-refractivity contribution in [3.8, 4) is 5.88 Å². The third-order valence-corrected chi connectivity index (χ3v) is 3.90. The van der Waals surface area contributed by atoms with Crippen molar-refractivity contribution in [3.63, 3.8) is 0 Å². The lowest BCUT2D eigenvalue weighted by Gasteiger charge is -2.14. The molecule has 0 amide bonds. The molecule has 0 aliphatic heterocycles. The minimum Gasteiger partial charge on any atom is -0.472 e. The summed E-state index contributed by atoms with van der Waals surface area (Å²) >= 11 is 3.53. The Kier molecular flexibility index (Phi) is 5.56. The van der Waals surface area contributed by atoms with Crippen LogP contribution < -0.4 is 10.1 Å². The molecule has 0 radical (unpaired) electrons. The van der Waals surface area contributed by atoms with Gasteiger partial charge in [-0.1, -0.05) is 41.1 Å². The van der Waals surface area contributed by atoms with Crippen molar-refractivity contribution in [1.82, 2.24) is 9.97 Å². The average molecular weight is 350 g/mol. The zero-order valence-corrected chi connectivity index (χ0v) is 14.2. The van der Waals surface area contributed by atoms with Crippen LogP contribution in [0.5, 0.6) is 5.88 Å². The number of aryl methyl sites for hydroxylation is 1. The Morgan fingerprint density at radius 2 is 1.95 bits per heavy atom. The van der Waals surface area contributed by atoms with Gasteiger partial charge < -0.3 is 10.1 Å². The molecule has 1 heterocycles. The zero-order chi connectivity index (χ0) is 15.2. The van der Waals surface area contributed by atoms with Crippen LogP contribution in [-0.4, -0.2) is 16.5 Å². The van der Waals surface area contributed by atoms with Gasteiger partial charge in [0.25, 0.3) is 0 Å². The van der Waals surface area contributed by atoms with Gasteiger partial charge in [-0.2, -0.15) is 4.98 Å². The Morgan fingerprint density at radius 3 is 2.62 bits per heavy atom. The van der Waals surface area contributed by atoms with Gasteiger partial charge in [-0.25, -0.2) is 4.98 Å². The SMILES string of the molecule is CCNc1nc(CC)nc(OCc2ccccc2Br)c1C. The molecule has 0 bridgehead atoms. The molecule has 21 heavy (non-hydrogen) atoms. The molecule has 2 aromatic rings. The van der Waals surface area contributed by atoms with E-state index < -0.39 is 0 Å². The Morgan fingerprint density at radius 1 is 1.19 bits per heavy atom. The molecule has 0 aliphatic rings. The fraction of sp³-hybridized carbons (Fsp3) is 0.375. The second-order valence-electron chi connectivity index (χ2n) is 4.68. The van der Waals surface area contributed by atoms with Crippen LogP contribution >= 0.6 is 15.9 Å². The molecule has 0 atom stereocenters. The predicted molar refractivity (Wildman–Crippen MR) is 88.8 cm³/mol. The maximum Gasteiger partial charge on any atom is 0.222 e. The molecule has 0 spiro atoms. The minimum absolute atomic E-state index is 0.480. The molecule has 1 aromatic heterocycles. The van der Waals surface area contributed by atoms with Gasteiger partial charge in [0, 0.05) is 23.0 Å². The number of benzene rings is 1. The molecule has 0 aliphatic carbocycles. The van der Waals surface area contributed by atoms with Crippen molar-refractivity contribution in [2.75, 3.05) is 11.9 Å². The van der Waals surface area contributed by atoms with Crippen LogP contribution in [0.4, 0.5) is 5.82 Å². The van der Waals surface area contributed by atoms with E-state index in [1.165, 1.54) is 0 Å². The van der Waals surface area contributed by atoms with Gasteiger partial charge >= 0.3 is 0 Å². The van der Waals surface area contributed by atoms with Crippen LogP contribution in [-0.2, 0) is 13.0 Å². The van der Waals surface area contributed by atoms with E-state index in [0.29, 0.717) is 12.5 Å². The van der Waals surface area contributed by atoms with E-state index in [4.69, 9.17) is 4.74 Å². The van der Waals surface area contributed by atoms with Crippen molar-refractivity contribution in [3.05, 3.63) is 45.7 Å². The van der Waals surface area contributed by atoms with Gasteiger partial charge in [0.05, 0.1) is 5.56 Å². The Labute approximate surface area is 134 Å². The first-order valence-corrected chi connectivity index (χ1v) is 7.92. The highest BCUT2D eigenvalue weighted by Crippen LogP contribution is 2.24. The minimum atomic E-state index is 0.480. The summed E-state index contributed by atoms with van der Waals surface area (Å²) in [6, 6.07) is 8.03. The summed E-state index contributed by atoms with van der Waals surface area (Å²) in [4.78, 5) is 8.99. The third-order valence-electron chi connectivity index (χ3n) is 3.13. The van der Waals surface area contributed by atoms with E-state index in [9.17, 15) is 0 Å². The summed E-state index contributed by atoms with van der Waals surface area (Å²) in [5.74, 6) is 2.29. The van der Waals surface area contributed by atoms with Gasteiger partial charge in [-0.15, -0.1) is 0 Å². The highest BCUT2D eigenvalue weighted by Gasteiger charge is 2.11. The normalized spacial score (nSPS) is 10.5. The fourth-order valence-corrected chi connectivity index (χ4v) is 2.34. The molecule has 1 aromatic carbocycles. The van der Waals surface area contributed by atoms with Crippen LogP contribution in [0.25, 0.3) is 0 Å².